The molecule has 0 spiro atoms. The van der Waals surface area contributed by atoms with Gasteiger partial charge in [0.2, 0.25) is 5.95 Å². The maximum absolute atomic E-state index is 14.1. The first-order valence-electron chi connectivity index (χ1n) is 9.00. The molecular formula is C21H18FN5O3. The molecule has 4 aromatic rings. The van der Waals surface area contributed by atoms with Crippen molar-refractivity contribution in [2.45, 2.75) is 6.92 Å². The number of halogens is 1. The topological polar surface area (TPSA) is 101 Å². The molecule has 4 rings (SSSR count). The first-order valence-corrected chi connectivity index (χ1v) is 9.00. The summed E-state index contributed by atoms with van der Waals surface area (Å²) in [7, 11) is 1.34. The van der Waals surface area contributed by atoms with Gasteiger partial charge >= 0.3 is 5.97 Å². The Kier molecular flexibility index (Phi) is 4.93. The van der Waals surface area contributed by atoms with Crippen LogP contribution < -0.4 is 10.6 Å². The molecule has 0 radical (unpaired) electrons. The standard InChI is InChI=1S/C21H18FN5O3/c1-12-10-27-11-14(6-7-17(27)18(12)20(29)30-2)25-21-23-9-16(22)19(26-21)24-13-4-3-5-15(28)8-13/h3-11,28H,1-2H3,(H2,23,24,25,26). The zero-order valence-electron chi connectivity index (χ0n) is 16.2. The Morgan fingerprint density at radius 1 is 1.17 bits per heavy atom. The first-order chi connectivity index (χ1) is 14.4. The number of anilines is 4. The molecule has 3 heterocycles. The van der Waals surface area contributed by atoms with E-state index in [-0.39, 0.29) is 17.5 Å². The van der Waals surface area contributed by atoms with Crippen LogP contribution in [0.2, 0.25) is 0 Å². The number of hydrogen-bond donors (Lipinski definition) is 3. The molecule has 1 aromatic carbocycles. The zero-order valence-corrected chi connectivity index (χ0v) is 16.2. The summed E-state index contributed by atoms with van der Waals surface area (Å²) in [6.45, 7) is 1.83. The van der Waals surface area contributed by atoms with Crippen LogP contribution in [0.1, 0.15) is 15.9 Å². The number of aromatic hydroxyl groups is 1. The summed E-state index contributed by atoms with van der Waals surface area (Å²) in [5.41, 5.74) is 3.12. The summed E-state index contributed by atoms with van der Waals surface area (Å²) in [4.78, 5) is 20.1. The number of pyridine rings is 1. The molecule has 0 unspecified atom stereocenters. The quantitative estimate of drug-likeness (QED) is 0.427. The highest BCUT2D eigenvalue weighted by molar-refractivity contribution is 5.99. The normalized spacial score (nSPS) is 10.8. The number of methoxy groups -OCH3 is 1. The highest BCUT2D eigenvalue weighted by Crippen LogP contribution is 2.25. The van der Waals surface area contributed by atoms with Crippen molar-refractivity contribution in [3.63, 3.8) is 0 Å². The number of aryl methyl sites for hydroxylation is 1. The van der Waals surface area contributed by atoms with E-state index in [0.29, 0.717) is 22.5 Å². The maximum atomic E-state index is 14.1. The second-order valence-corrected chi connectivity index (χ2v) is 6.58. The Morgan fingerprint density at radius 2 is 2.00 bits per heavy atom. The lowest BCUT2D eigenvalue weighted by Gasteiger charge is -2.10. The van der Waals surface area contributed by atoms with Gasteiger partial charge in [0.25, 0.3) is 0 Å². The van der Waals surface area contributed by atoms with Crippen molar-refractivity contribution in [1.82, 2.24) is 14.4 Å². The van der Waals surface area contributed by atoms with E-state index in [2.05, 4.69) is 20.6 Å². The minimum atomic E-state index is -0.636. The van der Waals surface area contributed by atoms with E-state index in [1.165, 1.54) is 19.2 Å². The highest BCUT2D eigenvalue weighted by atomic mass is 19.1. The number of nitrogens with zero attached hydrogens (tertiary/aromatic N) is 3. The van der Waals surface area contributed by atoms with Gasteiger partial charge in [-0.3, -0.25) is 0 Å². The van der Waals surface area contributed by atoms with Gasteiger partial charge in [-0.25, -0.2) is 14.2 Å². The van der Waals surface area contributed by atoms with Crippen LogP contribution >= 0.6 is 0 Å². The van der Waals surface area contributed by atoms with Gasteiger partial charge in [0.05, 0.1) is 30.1 Å². The molecule has 0 saturated carbocycles. The van der Waals surface area contributed by atoms with E-state index in [4.69, 9.17) is 4.74 Å². The van der Waals surface area contributed by atoms with Crippen molar-refractivity contribution in [2.75, 3.05) is 17.7 Å². The van der Waals surface area contributed by atoms with Crippen LogP contribution in [0.25, 0.3) is 5.52 Å². The molecule has 3 aromatic heterocycles. The van der Waals surface area contributed by atoms with Crippen LogP contribution in [0.3, 0.4) is 0 Å². The molecule has 3 N–H and O–H groups in total. The van der Waals surface area contributed by atoms with E-state index in [0.717, 1.165) is 11.8 Å². The average molecular weight is 407 g/mol. The minimum absolute atomic E-state index is 0.0380. The van der Waals surface area contributed by atoms with Crippen molar-refractivity contribution < 1.29 is 19.0 Å². The lowest BCUT2D eigenvalue weighted by atomic mass is 10.2. The molecule has 0 aliphatic carbocycles. The minimum Gasteiger partial charge on any atom is -0.508 e. The summed E-state index contributed by atoms with van der Waals surface area (Å²) in [6, 6.07) is 9.81. The van der Waals surface area contributed by atoms with Crippen LogP contribution in [-0.4, -0.2) is 32.6 Å². The molecular weight excluding hydrogens is 389 g/mol. The number of ether oxygens (including phenoxy) is 1. The van der Waals surface area contributed by atoms with Gasteiger partial charge in [0.15, 0.2) is 11.6 Å². The van der Waals surface area contributed by atoms with E-state index in [1.54, 1.807) is 34.9 Å². The van der Waals surface area contributed by atoms with Gasteiger partial charge in [-0.15, -0.1) is 0 Å². The van der Waals surface area contributed by atoms with Crippen LogP contribution in [0.4, 0.5) is 27.5 Å². The third-order valence-electron chi connectivity index (χ3n) is 4.46. The van der Waals surface area contributed by atoms with E-state index < -0.39 is 11.8 Å². The largest absolute Gasteiger partial charge is 0.508 e. The molecule has 0 aliphatic rings. The monoisotopic (exact) mass is 407 g/mol. The molecule has 8 nitrogen and oxygen atoms in total. The van der Waals surface area contributed by atoms with Crippen LogP contribution in [-0.2, 0) is 4.74 Å². The summed E-state index contributed by atoms with van der Waals surface area (Å²) in [5.74, 6) is -0.850. The number of phenolic OH excluding ortho intramolecular Hbond substituents is 1. The Balaban J connectivity index is 1.61. The summed E-state index contributed by atoms with van der Waals surface area (Å²) >= 11 is 0. The molecule has 0 saturated heterocycles. The highest BCUT2D eigenvalue weighted by Gasteiger charge is 2.16. The van der Waals surface area contributed by atoms with Crippen molar-refractivity contribution in [3.8, 4) is 5.75 Å². The number of hydrogen-bond acceptors (Lipinski definition) is 7. The molecule has 0 amide bonds. The predicted molar refractivity (Wildman–Crippen MR) is 110 cm³/mol. The number of aromatic nitrogens is 3. The fourth-order valence-corrected chi connectivity index (χ4v) is 3.12. The first kappa shape index (κ1) is 19.2. The third kappa shape index (κ3) is 3.72. The number of carbonyl (C=O) groups excluding carboxylic acids is 1. The summed E-state index contributed by atoms with van der Waals surface area (Å²) in [5, 5.41) is 15.4. The molecule has 30 heavy (non-hydrogen) atoms. The smallest absolute Gasteiger partial charge is 0.340 e. The fourth-order valence-electron chi connectivity index (χ4n) is 3.12. The van der Waals surface area contributed by atoms with Crippen molar-refractivity contribution in [1.29, 1.82) is 0 Å². The van der Waals surface area contributed by atoms with Gasteiger partial charge in [-0.05, 0) is 36.8 Å². The lowest BCUT2D eigenvalue weighted by Crippen LogP contribution is -2.04. The zero-order chi connectivity index (χ0) is 21.3. The van der Waals surface area contributed by atoms with Gasteiger partial charge < -0.3 is 24.9 Å². The second-order valence-electron chi connectivity index (χ2n) is 6.58. The molecule has 152 valence electrons. The summed E-state index contributed by atoms with van der Waals surface area (Å²) < 4.78 is 20.8. The number of rotatable bonds is 5. The molecule has 0 fully saturated rings. The summed E-state index contributed by atoms with van der Waals surface area (Å²) in [6.07, 6.45) is 4.63. The second kappa shape index (κ2) is 7.70. The van der Waals surface area contributed by atoms with Gasteiger partial charge in [-0.2, -0.15) is 4.98 Å². The number of nitrogens with one attached hydrogen (secondary N) is 2. The SMILES string of the molecule is COC(=O)c1c(C)cn2cc(Nc3ncc(F)c(Nc4cccc(O)c4)n3)ccc12. The lowest BCUT2D eigenvalue weighted by molar-refractivity contribution is 0.0602. The molecule has 0 bridgehead atoms. The molecule has 0 aliphatic heterocycles. The molecule has 9 heteroatoms. The van der Waals surface area contributed by atoms with Gasteiger partial charge in [0.1, 0.15) is 5.75 Å². The van der Waals surface area contributed by atoms with Crippen LogP contribution in [0.15, 0.2) is 55.0 Å². The Labute approximate surface area is 171 Å². The van der Waals surface area contributed by atoms with Crippen LogP contribution in [0.5, 0.6) is 5.75 Å². The number of carbonyl (C=O) groups is 1. The maximum Gasteiger partial charge on any atom is 0.340 e. The van der Waals surface area contributed by atoms with Crippen molar-refractivity contribution in [3.05, 3.63) is 71.9 Å². The third-order valence-corrected chi connectivity index (χ3v) is 4.46. The Morgan fingerprint density at radius 3 is 2.77 bits per heavy atom. The Hall–Kier alpha value is -4.14. The number of fused-ring (bicyclic) bond motifs is 1. The van der Waals surface area contributed by atoms with E-state index in [9.17, 15) is 14.3 Å². The Bertz CT molecular complexity index is 1250. The van der Waals surface area contributed by atoms with Crippen molar-refractivity contribution in [2.24, 2.45) is 0 Å². The van der Waals surface area contributed by atoms with Crippen LogP contribution in [0, 0.1) is 12.7 Å². The van der Waals surface area contributed by atoms with Gasteiger partial charge in [0, 0.05) is 24.1 Å². The van der Waals surface area contributed by atoms with Crippen molar-refractivity contribution >= 4 is 34.6 Å². The number of esters is 1. The van der Waals surface area contributed by atoms with E-state index >= 15 is 0 Å². The predicted octanol–water partition coefficient (Wildman–Crippen LogP) is 4.16. The number of phenols is 1. The average Bonchev–Trinajstić information content (AvgIpc) is 3.05. The van der Waals surface area contributed by atoms with Gasteiger partial charge in [-0.1, -0.05) is 6.07 Å². The van der Waals surface area contributed by atoms with E-state index in [1.807, 2.05) is 13.1 Å². The fraction of sp³-hybridized carbons (Fsp3) is 0.0952. The number of benzene rings is 1. The molecule has 0 atom stereocenters.